The maximum absolute atomic E-state index is 9.85. The first-order valence-electron chi connectivity index (χ1n) is 5.99. The highest BCUT2D eigenvalue weighted by Gasteiger charge is 2.12. The molecule has 1 aromatic heterocycles. The second kappa shape index (κ2) is 5.41. The quantitative estimate of drug-likeness (QED) is 0.873. The van der Waals surface area contributed by atoms with Crippen LogP contribution in [0, 0.1) is 11.3 Å². The van der Waals surface area contributed by atoms with Crippen molar-refractivity contribution in [3.8, 4) is 0 Å². The molecule has 0 unspecified atom stereocenters. The summed E-state index contributed by atoms with van der Waals surface area (Å²) < 4.78 is 0. The number of allylic oxidation sites excluding steroid dienone is 1. The first-order valence-corrected chi connectivity index (χ1v) is 5.99. The summed E-state index contributed by atoms with van der Waals surface area (Å²) >= 11 is 0. The molecule has 0 amide bonds. The Morgan fingerprint density at radius 2 is 1.71 bits per heavy atom. The maximum atomic E-state index is 9.85. The van der Waals surface area contributed by atoms with E-state index in [0.717, 1.165) is 5.56 Å². The van der Waals surface area contributed by atoms with Crippen molar-refractivity contribution < 1.29 is 5.11 Å². The molecule has 0 fully saturated rings. The Balaban J connectivity index is 2.79. The van der Waals surface area contributed by atoms with Crippen molar-refractivity contribution in [2.45, 2.75) is 40.7 Å². The zero-order valence-corrected chi connectivity index (χ0v) is 11.3. The van der Waals surface area contributed by atoms with E-state index in [9.17, 15) is 5.11 Å². The molecule has 0 spiro atoms. The van der Waals surface area contributed by atoms with Gasteiger partial charge in [0.15, 0.2) is 5.82 Å². The van der Waals surface area contributed by atoms with Crippen molar-refractivity contribution in [1.29, 1.82) is 0 Å². The Kier molecular flexibility index (Phi) is 4.40. The predicted molar refractivity (Wildman–Crippen MR) is 70.3 cm³/mol. The summed E-state index contributed by atoms with van der Waals surface area (Å²) in [5.41, 5.74) is 0.896. The third-order valence-corrected chi connectivity index (χ3v) is 2.40. The predicted octanol–water partition coefficient (Wildman–Crippen LogP) is 3.23. The molecule has 0 saturated heterocycles. The van der Waals surface area contributed by atoms with Crippen LogP contribution in [0.4, 0.5) is 0 Å². The topological polar surface area (TPSA) is 46.0 Å². The normalized spacial score (nSPS) is 14.5. The van der Waals surface area contributed by atoms with Gasteiger partial charge in [-0.3, -0.25) is 0 Å². The van der Waals surface area contributed by atoms with Gasteiger partial charge in [0.1, 0.15) is 0 Å². The van der Waals surface area contributed by atoms with Gasteiger partial charge in [-0.05, 0) is 17.4 Å². The van der Waals surface area contributed by atoms with Gasteiger partial charge in [-0.25, -0.2) is 9.97 Å². The van der Waals surface area contributed by atoms with E-state index >= 15 is 0 Å². The summed E-state index contributed by atoms with van der Waals surface area (Å²) in [7, 11) is 0. The Hall–Kier alpha value is -1.22. The number of aliphatic hydroxyl groups excluding tert-OH is 1. The van der Waals surface area contributed by atoms with E-state index < -0.39 is 6.10 Å². The molecule has 1 heterocycles. The molecule has 3 heteroatoms. The van der Waals surface area contributed by atoms with Crippen molar-refractivity contribution in [2.24, 2.45) is 11.3 Å². The van der Waals surface area contributed by atoms with E-state index in [0.29, 0.717) is 5.82 Å². The zero-order chi connectivity index (χ0) is 13.1. The van der Waals surface area contributed by atoms with Crippen LogP contribution in [0.15, 0.2) is 18.5 Å². The third kappa shape index (κ3) is 4.65. The summed E-state index contributed by atoms with van der Waals surface area (Å²) in [6.45, 7) is 10.3. The second-order valence-corrected chi connectivity index (χ2v) is 5.76. The van der Waals surface area contributed by atoms with Gasteiger partial charge in [0.25, 0.3) is 0 Å². The summed E-state index contributed by atoms with van der Waals surface area (Å²) in [4.78, 5) is 8.45. The summed E-state index contributed by atoms with van der Waals surface area (Å²) in [5, 5.41) is 9.85. The molecule has 1 atom stereocenters. The molecular weight excluding hydrogens is 212 g/mol. The zero-order valence-electron chi connectivity index (χ0n) is 11.3. The monoisotopic (exact) mass is 234 g/mol. The molecule has 1 N–H and O–H groups in total. The van der Waals surface area contributed by atoms with E-state index in [1.54, 1.807) is 12.4 Å². The Bertz CT molecular complexity index is 374. The number of aliphatic hydroxyl groups is 1. The van der Waals surface area contributed by atoms with Crippen molar-refractivity contribution >= 4 is 6.08 Å². The van der Waals surface area contributed by atoms with Gasteiger partial charge in [-0.15, -0.1) is 0 Å². The van der Waals surface area contributed by atoms with Crippen LogP contribution in [0.2, 0.25) is 0 Å². The van der Waals surface area contributed by atoms with Gasteiger partial charge < -0.3 is 5.11 Å². The Labute approximate surface area is 104 Å². The number of rotatable bonds is 3. The molecular formula is C14H22N2O. The molecule has 0 aliphatic rings. The van der Waals surface area contributed by atoms with Crippen molar-refractivity contribution in [1.82, 2.24) is 9.97 Å². The van der Waals surface area contributed by atoms with Gasteiger partial charge in [-0.1, -0.05) is 40.7 Å². The van der Waals surface area contributed by atoms with Crippen LogP contribution >= 0.6 is 0 Å². The van der Waals surface area contributed by atoms with Crippen LogP contribution in [0.5, 0.6) is 0 Å². The number of nitrogens with zero attached hydrogens (tertiary/aromatic N) is 2. The minimum Gasteiger partial charge on any atom is -0.388 e. The lowest BCUT2D eigenvalue weighted by molar-refractivity contribution is 0.126. The second-order valence-electron chi connectivity index (χ2n) is 5.76. The highest BCUT2D eigenvalue weighted by Crippen LogP contribution is 2.20. The summed E-state index contributed by atoms with van der Waals surface area (Å²) in [5.74, 6) is 0.856. The molecule has 94 valence electrons. The average molecular weight is 234 g/mol. The third-order valence-electron chi connectivity index (χ3n) is 2.40. The molecule has 0 radical (unpaired) electrons. The minimum absolute atomic E-state index is 0.124. The van der Waals surface area contributed by atoms with E-state index in [2.05, 4.69) is 36.8 Å². The summed E-state index contributed by atoms with van der Waals surface area (Å²) in [6.07, 6.45) is 6.88. The molecule has 17 heavy (non-hydrogen) atoms. The molecule has 0 aliphatic heterocycles. The fourth-order valence-electron chi connectivity index (χ4n) is 1.30. The fourth-order valence-corrected chi connectivity index (χ4v) is 1.30. The summed E-state index contributed by atoms with van der Waals surface area (Å²) in [6, 6.07) is 0. The highest BCUT2D eigenvalue weighted by atomic mass is 16.3. The average Bonchev–Trinajstić information content (AvgIpc) is 2.25. The van der Waals surface area contributed by atoms with Crippen LogP contribution in [0.25, 0.3) is 6.08 Å². The lowest BCUT2D eigenvalue weighted by Crippen LogP contribution is -2.07. The minimum atomic E-state index is -0.490. The molecule has 1 rings (SSSR count). The van der Waals surface area contributed by atoms with E-state index in [1.165, 1.54) is 0 Å². The molecule has 0 bridgehead atoms. The number of aromatic nitrogens is 2. The van der Waals surface area contributed by atoms with E-state index in [-0.39, 0.29) is 11.3 Å². The largest absolute Gasteiger partial charge is 0.388 e. The van der Waals surface area contributed by atoms with E-state index in [1.807, 2.05) is 19.9 Å². The van der Waals surface area contributed by atoms with Crippen LogP contribution < -0.4 is 0 Å². The van der Waals surface area contributed by atoms with Gasteiger partial charge in [0.2, 0.25) is 0 Å². The molecule has 0 saturated carbocycles. The molecule has 0 aromatic carbocycles. The van der Waals surface area contributed by atoms with Crippen LogP contribution in [0.3, 0.4) is 0 Å². The van der Waals surface area contributed by atoms with Crippen LogP contribution in [-0.2, 0) is 0 Å². The number of hydrogen-bond donors (Lipinski definition) is 1. The first kappa shape index (κ1) is 13.8. The fraction of sp³-hybridized carbons (Fsp3) is 0.571. The Morgan fingerprint density at radius 1 is 1.18 bits per heavy atom. The lowest BCUT2D eigenvalue weighted by Gasteiger charge is -2.14. The van der Waals surface area contributed by atoms with Gasteiger partial charge in [0.05, 0.1) is 6.10 Å². The first-order chi connectivity index (χ1) is 7.79. The molecule has 3 nitrogen and oxygen atoms in total. The standard InChI is InChI=1S/C14H22N2O/c1-10(2)13(17)11-8-15-12(16-9-11)6-7-14(3,4)5/h6-10,13,17H,1-5H3/b7-6+/t13-/m1/s1. The lowest BCUT2D eigenvalue weighted by atomic mass is 9.96. The van der Waals surface area contributed by atoms with Crippen molar-refractivity contribution in [3.63, 3.8) is 0 Å². The molecule has 1 aromatic rings. The smallest absolute Gasteiger partial charge is 0.151 e. The number of hydrogen-bond acceptors (Lipinski definition) is 3. The van der Waals surface area contributed by atoms with Gasteiger partial charge in [0, 0.05) is 18.0 Å². The van der Waals surface area contributed by atoms with Crippen LogP contribution in [-0.4, -0.2) is 15.1 Å². The van der Waals surface area contributed by atoms with Crippen LogP contribution in [0.1, 0.15) is 52.1 Å². The Morgan fingerprint density at radius 3 is 2.12 bits per heavy atom. The van der Waals surface area contributed by atoms with Crippen molar-refractivity contribution in [2.75, 3.05) is 0 Å². The SMILES string of the molecule is CC(C)[C@@H](O)c1cnc(/C=C/C(C)(C)C)nc1. The van der Waals surface area contributed by atoms with Gasteiger partial charge >= 0.3 is 0 Å². The van der Waals surface area contributed by atoms with Crippen molar-refractivity contribution in [3.05, 3.63) is 29.9 Å². The van der Waals surface area contributed by atoms with E-state index in [4.69, 9.17) is 0 Å². The highest BCUT2D eigenvalue weighted by molar-refractivity contribution is 5.40. The maximum Gasteiger partial charge on any atom is 0.151 e. The molecule has 0 aliphatic carbocycles. The van der Waals surface area contributed by atoms with Gasteiger partial charge in [-0.2, -0.15) is 0 Å².